The van der Waals surface area contributed by atoms with Gasteiger partial charge in [-0.05, 0) is 55.0 Å². The Balaban J connectivity index is 1.53. The lowest BCUT2D eigenvalue weighted by Crippen LogP contribution is -2.13. The SMILES string of the molecule is Cc1ccc(C(=O)Nc2ccc(C#N)cc2F)cc1Nc1nc(-c2ccncc2)cs1. The second-order valence-corrected chi connectivity index (χ2v) is 7.55. The van der Waals surface area contributed by atoms with E-state index in [9.17, 15) is 9.18 Å². The van der Waals surface area contributed by atoms with Gasteiger partial charge in [-0.15, -0.1) is 11.3 Å². The van der Waals surface area contributed by atoms with E-state index in [1.165, 1.54) is 23.5 Å². The van der Waals surface area contributed by atoms with Gasteiger partial charge in [-0.25, -0.2) is 9.37 Å². The largest absolute Gasteiger partial charge is 0.331 e. The zero-order chi connectivity index (χ0) is 21.8. The van der Waals surface area contributed by atoms with Crippen LogP contribution in [0.25, 0.3) is 11.3 Å². The third-order valence-corrected chi connectivity index (χ3v) is 5.33. The molecule has 0 fully saturated rings. The second kappa shape index (κ2) is 8.73. The van der Waals surface area contributed by atoms with Crippen molar-refractivity contribution in [1.82, 2.24) is 9.97 Å². The Morgan fingerprint density at radius 3 is 2.65 bits per heavy atom. The number of carbonyl (C=O) groups is 1. The number of hydrogen-bond acceptors (Lipinski definition) is 6. The Morgan fingerprint density at radius 2 is 1.90 bits per heavy atom. The van der Waals surface area contributed by atoms with Crippen LogP contribution in [0.4, 0.5) is 20.9 Å². The molecule has 152 valence electrons. The number of nitrogens with one attached hydrogen (secondary N) is 2. The molecule has 0 unspecified atom stereocenters. The molecule has 2 aromatic carbocycles. The zero-order valence-electron chi connectivity index (χ0n) is 16.4. The Hall–Kier alpha value is -4.09. The third-order valence-electron chi connectivity index (χ3n) is 4.57. The number of amides is 1. The molecular weight excluding hydrogens is 413 g/mol. The van der Waals surface area contributed by atoms with Crippen molar-refractivity contribution >= 4 is 33.8 Å². The summed E-state index contributed by atoms with van der Waals surface area (Å²) in [6.07, 6.45) is 3.43. The molecule has 0 saturated carbocycles. The van der Waals surface area contributed by atoms with E-state index in [0.717, 1.165) is 28.6 Å². The highest BCUT2D eigenvalue weighted by Crippen LogP contribution is 2.29. The van der Waals surface area contributed by atoms with Crippen molar-refractivity contribution in [3.63, 3.8) is 0 Å². The molecule has 2 aromatic heterocycles. The predicted molar refractivity (Wildman–Crippen MR) is 119 cm³/mol. The van der Waals surface area contributed by atoms with E-state index in [0.29, 0.717) is 10.7 Å². The van der Waals surface area contributed by atoms with Gasteiger partial charge in [-0.1, -0.05) is 6.07 Å². The van der Waals surface area contributed by atoms with Gasteiger partial charge in [0.25, 0.3) is 5.91 Å². The fourth-order valence-corrected chi connectivity index (χ4v) is 3.61. The molecule has 0 aliphatic rings. The number of thiazole rings is 1. The average molecular weight is 429 g/mol. The van der Waals surface area contributed by atoms with Gasteiger partial charge < -0.3 is 10.6 Å². The van der Waals surface area contributed by atoms with E-state index in [2.05, 4.69) is 20.6 Å². The standard InChI is InChI=1S/C23H16FN5OS/c1-14-2-4-17(22(30)27-19-5-3-15(12-25)10-18(19)24)11-20(14)28-23-29-21(13-31-23)16-6-8-26-9-7-16/h2-11,13H,1H3,(H,27,30)(H,28,29). The van der Waals surface area contributed by atoms with Crippen molar-refractivity contribution in [3.05, 3.63) is 88.8 Å². The monoisotopic (exact) mass is 429 g/mol. The Labute approximate surface area is 182 Å². The summed E-state index contributed by atoms with van der Waals surface area (Å²) >= 11 is 1.45. The molecule has 0 radical (unpaired) electrons. The molecule has 4 rings (SSSR count). The molecule has 4 aromatic rings. The number of carbonyl (C=O) groups excluding carboxylic acids is 1. The van der Waals surface area contributed by atoms with Gasteiger partial charge in [0.05, 0.1) is 23.0 Å². The lowest BCUT2D eigenvalue weighted by molar-refractivity contribution is 0.102. The summed E-state index contributed by atoms with van der Waals surface area (Å²) in [5.74, 6) is -1.12. The number of benzene rings is 2. The number of aromatic nitrogens is 2. The summed E-state index contributed by atoms with van der Waals surface area (Å²) in [5.41, 5.74) is 4.02. The number of pyridine rings is 1. The molecule has 6 nitrogen and oxygen atoms in total. The molecule has 0 atom stereocenters. The van der Waals surface area contributed by atoms with Crippen LogP contribution in [0.5, 0.6) is 0 Å². The Morgan fingerprint density at radius 1 is 1.10 bits per heavy atom. The average Bonchev–Trinajstić information content (AvgIpc) is 3.25. The highest BCUT2D eigenvalue weighted by Gasteiger charge is 2.13. The lowest BCUT2D eigenvalue weighted by Gasteiger charge is -2.11. The molecule has 31 heavy (non-hydrogen) atoms. The van der Waals surface area contributed by atoms with Gasteiger partial charge in [0.15, 0.2) is 5.13 Å². The maximum atomic E-state index is 14.1. The molecule has 1 amide bonds. The number of rotatable bonds is 5. The molecule has 0 aliphatic carbocycles. The molecule has 0 aliphatic heterocycles. The fourth-order valence-electron chi connectivity index (χ4n) is 2.88. The topological polar surface area (TPSA) is 90.7 Å². The molecule has 2 N–H and O–H groups in total. The summed E-state index contributed by atoms with van der Waals surface area (Å²) < 4.78 is 14.1. The number of anilines is 3. The number of nitriles is 1. The van der Waals surface area contributed by atoms with Crippen LogP contribution in [0, 0.1) is 24.1 Å². The van der Waals surface area contributed by atoms with Gasteiger partial charge in [-0.3, -0.25) is 9.78 Å². The van der Waals surface area contributed by atoms with Crippen molar-refractivity contribution < 1.29 is 9.18 Å². The van der Waals surface area contributed by atoms with E-state index in [4.69, 9.17) is 5.26 Å². The molecule has 2 heterocycles. The van der Waals surface area contributed by atoms with E-state index in [-0.39, 0.29) is 11.3 Å². The van der Waals surface area contributed by atoms with Crippen molar-refractivity contribution in [2.45, 2.75) is 6.92 Å². The van der Waals surface area contributed by atoms with Crippen molar-refractivity contribution in [3.8, 4) is 17.3 Å². The van der Waals surface area contributed by atoms with E-state index in [1.807, 2.05) is 36.6 Å². The Bertz CT molecular complexity index is 1300. The molecule has 0 spiro atoms. The normalized spacial score (nSPS) is 10.4. The Kier molecular flexibility index (Phi) is 5.69. The molecule has 0 saturated heterocycles. The van der Waals surface area contributed by atoms with Crippen molar-refractivity contribution in [2.75, 3.05) is 10.6 Å². The summed E-state index contributed by atoms with van der Waals surface area (Å²) in [6, 6.07) is 14.7. The van der Waals surface area contributed by atoms with Crippen LogP contribution in [0.2, 0.25) is 0 Å². The van der Waals surface area contributed by atoms with Crippen LogP contribution in [0.3, 0.4) is 0 Å². The van der Waals surface area contributed by atoms with Crippen LogP contribution in [-0.2, 0) is 0 Å². The van der Waals surface area contributed by atoms with Gasteiger partial charge in [0.1, 0.15) is 5.82 Å². The first-order valence-electron chi connectivity index (χ1n) is 9.28. The van der Waals surface area contributed by atoms with Crippen LogP contribution in [0.15, 0.2) is 66.3 Å². The zero-order valence-corrected chi connectivity index (χ0v) is 17.2. The minimum absolute atomic E-state index is 0.0148. The van der Waals surface area contributed by atoms with E-state index >= 15 is 0 Å². The fraction of sp³-hybridized carbons (Fsp3) is 0.0435. The second-order valence-electron chi connectivity index (χ2n) is 6.69. The van der Waals surface area contributed by atoms with Crippen LogP contribution in [0.1, 0.15) is 21.5 Å². The van der Waals surface area contributed by atoms with Gasteiger partial charge in [-0.2, -0.15) is 5.26 Å². The lowest BCUT2D eigenvalue weighted by atomic mass is 10.1. The maximum absolute atomic E-state index is 14.1. The summed E-state index contributed by atoms with van der Waals surface area (Å²) in [5, 5.41) is 17.3. The van der Waals surface area contributed by atoms with E-state index < -0.39 is 11.7 Å². The number of hydrogen-bond donors (Lipinski definition) is 2. The highest BCUT2D eigenvalue weighted by atomic mass is 32.1. The van der Waals surface area contributed by atoms with Crippen LogP contribution < -0.4 is 10.6 Å². The van der Waals surface area contributed by atoms with Crippen molar-refractivity contribution in [1.29, 1.82) is 5.26 Å². The minimum Gasteiger partial charge on any atom is -0.331 e. The van der Waals surface area contributed by atoms with Crippen molar-refractivity contribution in [2.24, 2.45) is 0 Å². The van der Waals surface area contributed by atoms with Gasteiger partial charge in [0.2, 0.25) is 0 Å². The van der Waals surface area contributed by atoms with Crippen LogP contribution >= 0.6 is 11.3 Å². The minimum atomic E-state index is -0.663. The molecular formula is C23H16FN5OS. The van der Waals surface area contributed by atoms with Gasteiger partial charge >= 0.3 is 0 Å². The smallest absolute Gasteiger partial charge is 0.255 e. The van der Waals surface area contributed by atoms with Crippen LogP contribution in [-0.4, -0.2) is 15.9 Å². The first-order valence-corrected chi connectivity index (χ1v) is 10.2. The highest BCUT2D eigenvalue weighted by molar-refractivity contribution is 7.14. The quantitative estimate of drug-likeness (QED) is 0.436. The van der Waals surface area contributed by atoms with E-state index in [1.54, 1.807) is 24.5 Å². The predicted octanol–water partition coefficient (Wildman–Crippen LogP) is 5.52. The summed E-state index contributed by atoms with van der Waals surface area (Å²) in [4.78, 5) is 21.2. The third kappa shape index (κ3) is 4.57. The summed E-state index contributed by atoms with van der Waals surface area (Å²) in [6.45, 7) is 1.92. The first kappa shape index (κ1) is 20.2. The number of halogens is 1. The number of aryl methyl sites for hydroxylation is 1. The molecule has 8 heteroatoms. The summed E-state index contributed by atoms with van der Waals surface area (Å²) in [7, 11) is 0. The van der Waals surface area contributed by atoms with Gasteiger partial charge in [0, 0.05) is 34.6 Å². The maximum Gasteiger partial charge on any atom is 0.255 e. The number of nitrogens with zero attached hydrogens (tertiary/aromatic N) is 3. The molecule has 0 bridgehead atoms. The first-order chi connectivity index (χ1) is 15.0.